The summed E-state index contributed by atoms with van der Waals surface area (Å²) in [6.07, 6.45) is 4.07. The molecular formula is C28H27N5O2. The van der Waals surface area contributed by atoms with E-state index in [-0.39, 0.29) is 17.7 Å². The lowest BCUT2D eigenvalue weighted by molar-refractivity contribution is -0.128. The zero-order valence-corrected chi connectivity index (χ0v) is 19.7. The van der Waals surface area contributed by atoms with Crippen molar-refractivity contribution in [2.24, 2.45) is 5.92 Å². The Balaban J connectivity index is 1.35. The average Bonchev–Trinajstić information content (AvgIpc) is 3.48. The summed E-state index contributed by atoms with van der Waals surface area (Å²) in [4.78, 5) is 33.4. The molecule has 3 N–H and O–H groups in total. The Kier molecular flexibility index (Phi) is 6.06. The molecule has 0 aliphatic rings. The molecule has 2 aromatic heterocycles. The van der Waals surface area contributed by atoms with E-state index in [0.29, 0.717) is 12.1 Å². The predicted molar refractivity (Wildman–Crippen MR) is 138 cm³/mol. The van der Waals surface area contributed by atoms with Crippen molar-refractivity contribution in [2.45, 2.75) is 26.3 Å². The highest BCUT2D eigenvalue weighted by Crippen LogP contribution is 2.22. The van der Waals surface area contributed by atoms with Gasteiger partial charge in [0.15, 0.2) is 0 Å². The van der Waals surface area contributed by atoms with Crippen LogP contribution in [0.5, 0.6) is 0 Å². The lowest BCUT2D eigenvalue weighted by Crippen LogP contribution is -2.46. The Morgan fingerprint density at radius 3 is 2.49 bits per heavy atom. The van der Waals surface area contributed by atoms with E-state index in [9.17, 15) is 9.59 Å². The van der Waals surface area contributed by atoms with Crippen LogP contribution >= 0.6 is 0 Å². The highest BCUT2D eigenvalue weighted by Gasteiger charge is 2.24. The van der Waals surface area contributed by atoms with Gasteiger partial charge in [0.2, 0.25) is 11.8 Å². The average molecular weight is 466 g/mol. The van der Waals surface area contributed by atoms with Gasteiger partial charge in [0, 0.05) is 40.8 Å². The molecule has 0 fully saturated rings. The van der Waals surface area contributed by atoms with E-state index in [4.69, 9.17) is 0 Å². The second-order valence-electron chi connectivity index (χ2n) is 8.92. The van der Waals surface area contributed by atoms with Gasteiger partial charge in [-0.15, -0.1) is 0 Å². The zero-order chi connectivity index (χ0) is 24.4. The van der Waals surface area contributed by atoms with Crippen molar-refractivity contribution in [3.63, 3.8) is 0 Å². The maximum atomic E-state index is 13.3. The number of aromatic amines is 1. The van der Waals surface area contributed by atoms with E-state index in [1.54, 1.807) is 6.33 Å². The molecule has 35 heavy (non-hydrogen) atoms. The lowest BCUT2D eigenvalue weighted by atomic mass is 10.0. The number of H-pyrrole nitrogens is 1. The summed E-state index contributed by atoms with van der Waals surface area (Å²) in [5.41, 5.74) is 5.52. The molecule has 2 amide bonds. The Bertz CT molecular complexity index is 1500. The molecule has 1 unspecified atom stereocenters. The quantitative estimate of drug-likeness (QED) is 0.322. The number of benzene rings is 3. The standard InChI is InChI=1S/C28H27N5O2/c1-18(2)27(34)32-25(15-19-16-29-23-8-4-3-7-22(19)23)28(35)31-20-11-13-21(14-12-20)33-17-30-24-9-5-6-10-26(24)33/h3-14,16-18,25,29H,15H2,1-2H3,(H,31,35)(H,32,34). The van der Waals surface area contributed by atoms with Crippen molar-refractivity contribution in [3.8, 4) is 5.69 Å². The maximum absolute atomic E-state index is 13.3. The van der Waals surface area contributed by atoms with E-state index < -0.39 is 6.04 Å². The minimum Gasteiger partial charge on any atom is -0.361 e. The molecule has 0 spiro atoms. The number of carbonyl (C=O) groups is 2. The molecule has 176 valence electrons. The number of aromatic nitrogens is 3. The van der Waals surface area contributed by atoms with Crippen molar-refractivity contribution in [3.05, 3.63) is 90.9 Å². The van der Waals surface area contributed by atoms with E-state index >= 15 is 0 Å². The molecule has 0 aliphatic heterocycles. The largest absolute Gasteiger partial charge is 0.361 e. The zero-order valence-electron chi connectivity index (χ0n) is 19.7. The number of carbonyl (C=O) groups excluding carboxylic acids is 2. The van der Waals surface area contributed by atoms with Crippen LogP contribution in [0.15, 0.2) is 85.3 Å². The maximum Gasteiger partial charge on any atom is 0.247 e. The van der Waals surface area contributed by atoms with Crippen LogP contribution in [0, 0.1) is 5.92 Å². The number of hydrogen-bond donors (Lipinski definition) is 3. The fourth-order valence-electron chi connectivity index (χ4n) is 4.17. The summed E-state index contributed by atoms with van der Waals surface area (Å²) in [5.74, 6) is -0.644. The third kappa shape index (κ3) is 4.66. The number of para-hydroxylation sites is 3. The van der Waals surface area contributed by atoms with Crippen LogP contribution in [0.1, 0.15) is 19.4 Å². The van der Waals surface area contributed by atoms with Gasteiger partial charge >= 0.3 is 0 Å². The van der Waals surface area contributed by atoms with Crippen molar-refractivity contribution in [2.75, 3.05) is 5.32 Å². The lowest BCUT2D eigenvalue weighted by Gasteiger charge is -2.20. The Hall–Kier alpha value is -4.39. The number of nitrogens with zero attached hydrogens (tertiary/aromatic N) is 2. The van der Waals surface area contributed by atoms with Gasteiger partial charge in [0.05, 0.1) is 11.0 Å². The summed E-state index contributed by atoms with van der Waals surface area (Å²) in [6.45, 7) is 3.63. The molecule has 3 aromatic carbocycles. The first-order valence-corrected chi connectivity index (χ1v) is 11.7. The van der Waals surface area contributed by atoms with Crippen LogP contribution in [0.25, 0.3) is 27.6 Å². The summed E-state index contributed by atoms with van der Waals surface area (Å²) in [5, 5.41) is 6.93. The van der Waals surface area contributed by atoms with Crippen LogP contribution in [0.4, 0.5) is 5.69 Å². The van der Waals surface area contributed by atoms with Crippen molar-refractivity contribution in [1.29, 1.82) is 0 Å². The normalized spacial score (nSPS) is 12.2. The van der Waals surface area contributed by atoms with Crippen LogP contribution in [0.2, 0.25) is 0 Å². The predicted octanol–water partition coefficient (Wildman–Crippen LogP) is 4.83. The molecule has 0 saturated carbocycles. The second-order valence-corrected chi connectivity index (χ2v) is 8.92. The first kappa shape index (κ1) is 22.4. The van der Waals surface area contributed by atoms with Gasteiger partial charge in [-0.05, 0) is 48.0 Å². The second kappa shape index (κ2) is 9.46. The molecule has 7 heteroatoms. The number of imidazole rings is 1. The smallest absolute Gasteiger partial charge is 0.247 e. The summed E-state index contributed by atoms with van der Waals surface area (Å²) < 4.78 is 2.00. The number of fused-ring (bicyclic) bond motifs is 2. The minimum atomic E-state index is -0.707. The van der Waals surface area contributed by atoms with Crippen LogP contribution in [-0.2, 0) is 16.0 Å². The van der Waals surface area contributed by atoms with Gasteiger partial charge in [-0.25, -0.2) is 4.98 Å². The summed E-state index contributed by atoms with van der Waals surface area (Å²) in [6, 6.07) is 22.7. The molecule has 0 aliphatic carbocycles. The summed E-state index contributed by atoms with van der Waals surface area (Å²) >= 11 is 0. The van der Waals surface area contributed by atoms with E-state index in [1.165, 1.54) is 0 Å². The molecule has 1 atom stereocenters. The van der Waals surface area contributed by atoms with Crippen molar-refractivity contribution < 1.29 is 9.59 Å². The Labute approximate surface area is 203 Å². The SMILES string of the molecule is CC(C)C(=O)NC(Cc1c[nH]c2ccccc12)C(=O)Nc1ccc(-n2cnc3ccccc32)cc1. The molecule has 5 aromatic rings. The number of anilines is 1. The molecule has 0 saturated heterocycles. The van der Waals surface area contributed by atoms with E-state index in [1.807, 2.05) is 97.4 Å². The number of hydrogen-bond acceptors (Lipinski definition) is 3. The first-order chi connectivity index (χ1) is 17.0. The van der Waals surface area contributed by atoms with Gasteiger partial charge in [0.25, 0.3) is 0 Å². The molecule has 0 radical (unpaired) electrons. The Morgan fingerprint density at radius 2 is 1.69 bits per heavy atom. The molecule has 0 bridgehead atoms. The fraction of sp³-hybridized carbons (Fsp3) is 0.179. The fourth-order valence-corrected chi connectivity index (χ4v) is 4.17. The molecule has 2 heterocycles. The number of rotatable bonds is 7. The summed E-state index contributed by atoms with van der Waals surface area (Å²) in [7, 11) is 0. The Morgan fingerprint density at radius 1 is 0.943 bits per heavy atom. The third-order valence-corrected chi connectivity index (χ3v) is 6.12. The van der Waals surface area contributed by atoms with Gasteiger partial charge in [-0.1, -0.05) is 44.2 Å². The highest BCUT2D eigenvalue weighted by molar-refractivity contribution is 5.98. The topological polar surface area (TPSA) is 91.8 Å². The van der Waals surface area contributed by atoms with Crippen molar-refractivity contribution in [1.82, 2.24) is 19.9 Å². The van der Waals surface area contributed by atoms with Crippen LogP contribution in [0.3, 0.4) is 0 Å². The van der Waals surface area contributed by atoms with Crippen molar-refractivity contribution >= 4 is 39.4 Å². The third-order valence-electron chi connectivity index (χ3n) is 6.12. The van der Waals surface area contributed by atoms with Gasteiger partial charge in [-0.3, -0.25) is 14.2 Å². The van der Waals surface area contributed by atoms with Gasteiger partial charge in [-0.2, -0.15) is 0 Å². The highest BCUT2D eigenvalue weighted by atomic mass is 16.2. The number of nitrogens with one attached hydrogen (secondary N) is 3. The molecule has 5 rings (SSSR count). The first-order valence-electron chi connectivity index (χ1n) is 11.7. The molecule has 7 nitrogen and oxygen atoms in total. The van der Waals surface area contributed by atoms with Gasteiger partial charge < -0.3 is 15.6 Å². The monoisotopic (exact) mass is 465 g/mol. The van der Waals surface area contributed by atoms with E-state index in [2.05, 4.69) is 20.6 Å². The van der Waals surface area contributed by atoms with Crippen LogP contribution in [-0.4, -0.2) is 32.4 Å². The van der Waals surface area contributed by atoms with Crippen LogP contribution < -0.4 is 10.6 Å². The number of amides is 2. The molecular weight excluding hydrogens is 438 g/mol. The van der Waals surface area contributed by atoms with Gasteiger partial charge in [0.1, 0.15) is 12.4 Å². The minimum absolute atomic E-state index is 0.160. The van der Waals surface area contributed by atoms with E-state index in [0.717, 1.165) is 33.2 Å².